The standard InChI is InChI=1S/C11H7BrO2.In/c12-10-3-1-2-7-6-8(11(13)14)4-5-9(7)10;/h1-6H,(H,13,14);. The van der Waals surface area contributed by atoms with Crippen LogP contribution in [0.5, 0.6) is 0 Å². The van der Waals surface area contributed by atoms with Crippen LogP contribution in [0.2, 0.25) is 0 Å². The maximum atomic E-state index is 10.7. The Morgan fingerprint density at radius 1 is 1.20 bits per heavy atom. The Morgan fingerprint density at radius 2 is 1.93 bits per heavy atom. The molecule has 2 aromatic rings. The van der Waals surface area contributed by atoms with Gasteiger partial charge in [0, 0.05) is 30.3 Å². The van der Waals surface area contributed by atoms with E-state index in [0.29, 0.717) is 5.56 Å². The number of hydrogen-bond donors (Lipinski definition) is 1. The Kier molecular flexibility index (Phi) is 4.22. The molecule has 2 rings (SSSR count). The molecular weight excluding hydrogens is 359 g/mol. The van der Waals surface area contributed by atoms with Gasteiger partial charge in [-0.15, -0.1) is 0 Å². The van der Waals surface area contributed by atoms with Gasteiger partial charge < -0.3 is 5.11 Å². The Morgan fingerprint density at radius 3 is 2.60 bits per heavy atom. The topological polar surface area (TPSA) is 37.3 Å². The zero-order chi connectivity index (χ0) is 10.1. The maximum Gasteiger partial charge on any atom is 0.335 e. The second-order valence-corrected chi connectivity index (χ2v) is 3.84. The number of hydrogen-bond acceptors (Lipinski definition) is 1. The molecule has 0 saturated heterocycles. The molecule has 0 bridgehead atoms. The number of rotatable bonds is 1. The van der Waals surface area contributed by atoms with Gasteiger partial charge in [0.2, 0.25) is 0 Å². The van der Waals surface area contributed by atoms with Crippen LogP contribution in [0.25, 0.3) is 10.8 Å². The van der Waals surface area contributed by atoms with E-state index in [1.54, 1.807) is 12.1 Å². The minimum Gasteiger partial charge on any atom is -0.478 e. The normalized spacial score (nSPS) is 9.67. The molecule has 0 aliphatic heterocycles. The minimum absolute atomic E-state index is 0. The van der Waals surface area contributed by atoms with E-state index >= 15 is 0 Å². The van der Waals surface area contributed by atoms with Crippen molar-refractivity contribution in [3.05, 3.63) is 46.4 Å². The van der Waals surface area contributed by atoms with Crippen molar-refractivity contribution in [2.45, 2.75) is 0 Å². The third-order valence-corrected chi connectivity index (χ3v) is 2.77. The van der Waals surface area contributed by atoms with Gasteiger partial charge in [0.25, 0.3) is 0 Å². The first-order chi connectivity index (χ1) is 6.68. The van der Waals surface area contributed by atoms with Crippen molar-refractivity contribution in [1.82, 2.24) is 0 Å². The van der Waals surface area contributed by atoms with Gasteiger partial charge in [0.1, 0.15) is 0 Å². The number of carbonyl (C=O) groups is 1. The van der Waals surface area contributed by atoms with E-state index in [9.17, 15) is 4.79 Å². The summed E-state index contributed by atoms with van der Waals surface area (Å²) in [5.74, 6) is -0.896. The number of carboxylic acid groups (broad SMARTS) is 1. The van der Waals surface area contributed by atoms with Crippen molar-refractivity contribution in [3.63, 3.8) is 0 Å². The van der Waals surface area contributed by atoms with Crippen LogP contribution >= 0.6 is 15.9 Å². The zero-order valence-electron chi connectivity index (χ0n) is 7.77. The molecule has 73 valence electrons. The summed E-state index contributed by atoms with van der Waals surface area (Å²) in [6.45, 7) is 0. The van der Waals surface area contributed by atoms with E-state index in [-0.39, 0.29) is 25.8 Å². The molecule has 2 nitrogen and oxygen atoms in total. The van der Waals surface area contributed by atoms with Crippen molar-refractivity contribution >= 4 is 58.5 Å². The predicted octanol–water partition coefficient (Wildman–Crippen LogP) is 2.92. The molecule has 0 aliphatic rings. The second kappa shape index (κ2) is 5.03. The van der Waals surface area contributed by atoms with E-state index in [4.69, 9.17) is 5.11 Å². The molecule has 0 fully saturated rings. The third kappa shape index (κ3) is 2.55. The Balaban J connectivity index is 0.00000112. The van der Waals surface area contributed by atoms with E-state index in [1.165, 1.54) is 0 Å². The molecule has 0 heterocycles. The molecule has 0 spiro atoms. The summed E-state index contributed by atoms with van der Waals surface area (Å²) in [4.78, 5) is 10.7. The molecule has 2 aromatic carbocycles. The fraction of sp³-hybridized carbons (Fsp3) is 0. The van der Waals surface area contributed by atoms with Gasteiger partial charge in [0.15, 0.2) is 0 Å². The summed E-state index contributed by atoms with van der Waals surface area (Å²) >= 11 is 3.41. The molecule has 0 unspecified atom stereocenters. The summed E-state index contributed by atoms with van der Waals surface area (Å²) in [7, 11) is 0. The minimum atomic E-state index is -0.896. The van der Waals surface area contributed by atoms with Crippen LogP contribution < -0.4 is 0 Å². The largest absolute Gasteiger partial charge is 0.478 e. The number of halogens is 1. The molecule has 0 aliphatic carbocycles. The van der Waals surface area contributed by atoms with Crippen molar-refractivity contribution in [1.29, 1.82) is 0 Å². The fourth-order valence-electron chi connectivity index (χ4n) is 1.38. The van der Waals surface area contributed by atoms with Crippen LogP contribution in [0, 0.1) is 0 Å². The van der Waals surface area contributed by atoms with Crippen LogP contribution in [-0.4, -0.2) is 36.9 Å². The average molecular weight is 366 g/mol. The van der Waals surface area contributed by atoms with E-state index in [0.717, 1.165) is 15.2 Å². The maximum absolute atomic E-state index is 10.7. The Bertz CT molecular complexity index is 511. The molecule has 0 atom stereocenters. The van der Waals surface area contributed by atoms with E-state index in [1.807, 2.05) is 24.3 Å². The Labute approximate surface area is 114 Å². The first-order valence-corrected chi connectivity index (χ1v) is 4.89. The number of carboxylic acids is 1. The smallest absolute Gasteiger partial charge is 0.335 e. The van der Waals surface area contributed by atoms with Crippen molar-refractivity contribution in [2.75, 3.05) is 0 Å². The van der Waals surface area contributed by atoms with E-state index in [2.05, 4.69) is 15.9 Å². The van der Waals surface area contributed by atoms with Crippen LogP contribution in [0.1, 0.15) is 10.4 Å². The first-order valence-electron chi connectivity index (χ1n) is 4.10. The van der Waals surface area contributed by atoms with Gasteiger partial charge in [-0.3, -0.25) is 0 Å². The molecule has 4 heteroatoms. The first kappa shape index (κ1) is 12.6. The molecular formula is C11H7BrInO2. The van der Waals surface area contributed by atoms with Crippen molar-refractivity contribution < 1.29 is 9.90 Å². The third-order valence-electron chi connectivity index (χ3n) is 2.07. The zero-order valence-corrected chi connectivity index (χ0v) is 12.7. The van der Waals surface area contributed by atoms with Gasteiger partial charge in [-0.25, -0.2) is 4.79 Å². The molecule has 0 aromatic heterocycles. The van der Waals surface area contributed by atoms with Crippen LogP contribution in [-0.2, 0) is 0 Å². The number of fused-ring (bicyclic) bond motifs is 1. The van der Waals surface area contributed by atoms with Crippen LogP contribution in [0.4, 0.5) is 0 Å². The molecule has 0 amide bonds. The molecule has 0 saturated carbocycles. The SMILES string of the molecule is O=C(O)c1ccc2c(Br)cccc2c1.[In]. The average Bonchev–Trinajstić information content (AvgIpc) is 2.17. The van der Waals surface area contributed by atoms with E-state index < -0.39 is 5.97 Å². The van der Waals surface area contributed by atoms with Gasteiger partial charge in [-0.1, -0.05) is 34.1 Å². The monoisotopic (exact) mass is 365 g/mol. The number of benzene rings is 2. The quantitative estimate of drug-likeness (QED) is 0.843. The fourth-order valence-corrected chi connectivity index (χ4v) is 1.89. The van der Waals surface area contributed by atoms with Crippen molar-refractivity contribution in [3.8, 4) is 0 Å². The van der Waals surface area contributed by atoms with Gasteiger partial charge >= 0.3 is 5.97 Å². The van der Waals surface area contributed by atoms with Gasteiger partial charge in [-0.2, -0.15) is 0 Å². The van der Waals surface area contributed by atoms with Crippen molar-refractivity contribution in [2.24, 2.45) is 0 Å². The summed E-state index contributed by atoms with van der Waals surface area (Å²) in [5.41, 5.74) is 0.315. The summed E-state index contributed by atoms with van der Waals surface area (Å²) in [6, 6.07) is 10.8. The summed E-state index contributed by atoms with van der Waals surface area (Å²) in [5, 5.41) is 10.8. The predicted molar refractivity (Wildman–Crippen MR) is 64.4 cm³/mol. The van der Waals surface area contributed by atoms with Crippen LogP contribution in [0.3, 0.4) is 0 Å². The number of aromatic carboxylic acids is 1. The summed E-state index contributed by atoms with van der Waals surface area (Å²) in [6.07, 6.45) is 0. The molecule has 1 N–H and O–H groups in total. The van der Waals surface area contributed by atoms with Crippen LogP contribution in [0.15, 0.2) is 40.9 Å². The molecule has 15 heavy (non-hydrogen) atoms. The van der Waals surface area contributed by atoms with Gasteiger partial charge in [0.05, 0.1) is 5.56 Å². The van der Waals surface area contributed by atoms with Gasteiger partial charge in [-0.05, 0) is 29.0 Å². The summed E-state index contributed by atoms with van der Waals surface area (Å²) < 4.78 is 0.979. The second-order valence-electron chi connectivity index (χ2n) is 2.98. The Hall–Kier alpha value is -0.480. The molecule has 3 radical (unpaired) electrons.